The van der Waals surface area contributed by atoms with Crippen molar-refractivity contribution in [1.82, 2.24) is 4.98 Å². The van der Waals surface area contributed by atoms with Gasteiger partial charge in [-0.25, -0.2) is 0 Å². The third kappa shape index (κ3) is 3.84. The molecule has 1 aromatic carbocycles. The van der Waals surface area contributed by atoms with Crippen LogP contribution in [0, 0.1) is 18.3 Å². The van der Waals surface area contributed by atoms with Crippen molar-refractivity contribution in [3.63, 3.8) is 0 Å². The molecule has 2 N–H and O–H groups in total. The number of amides is 1. The van der Waals surface area contributed by atoms with Crippen LogP contribution in [-0.2, 0) is 9.59 Å². The molecule has 1 unspecified atom stereocenters. The number of nitrogens with one attached hydrogen (secondary N) is 2. The Morgan fingerprint density at radius 1 is 1.33 bits per heavy atom. The van der Waals surface area contributed by atoms with Gasteiger partial charge in [0.1, 0.15) is 18.0 Å². The molecule has 1 atom stereocenters. The van der Waals surface area contributed by atoms with Crippen LogP contribution in [0.5, 0.6) is 5.75 Å². The standard InChI is InChI=1S/C18H19N3O3/c1-11-4-6-16(20-9-11)14-8-13(5-7-17(14)24-3)21-18(23)15(10-22)12(2)19/h4-10,15,19H,1-3H3,(H,21,23). The van der Waals surface area contributed by atoms with Gasteiger partial charge in [-0.2, -0.15) is 0 Å². The third-order valence-corrected chi connectivity index (χ3v) is 3.54. The van der Waals surface area contributed by atoms with Crippen molar-refractivity contribution in [3.05, 3.63) is 42.1 Å². The van der Waals surface area contributed by atoms with Crippen LogP contribution in [0.25, 0.3) is 11.3 Å². The molecule has 124 valence electrons. The minimum atomic E-state index is -1.09. The minimum Gasteiger partial charge on any atom is -0.496 e. The molecule has 0 spiro atoms. The summed E-state index contributed by atoms with van der Waals surface area (Å²) in [4.78, 5) is 27.4. The summed E-state index contributed by atoms with van der Waals surface area (Å²) >= 11 is 0. The molecular formula is C18H19N3O3. The second kappa shape index (κ2) is 7.50. The fraction of sp³-hybridized carbons (Fsp3) is 0.222. The van der Waals surface area contributed by atoms with Gasteiger partial charge in [-0.1, -0.05) is 6.07 Å². The summed E-state index contributed by atoms with van der Waals surface area (Å²) in [6.07, 6.45) is 2.21. The van der Waals surface area contributed by atoms with E-state index < -0.39 is 11.8 Å². The van der Waals surface area contributed by atoms with Crippen molar-refractivity contribution < 1.29 is 14.3 Å². The van der Waals surface area contributed by atoms with E-state index in [0.29, 0.717) is 23.4 Å². The van der Waals surface area contributed by atoms with Crippen LogP contribution >= 0.6 is 0 Å². The maximum atomic E-state index is 12.1. The molecular weight excluding hydrogens is 306 g/mol. The third-order valence-electron chi connectivity index (χ3n) is 3.54. The first-order valence-corrected chi connectivity index (χ1v) is 7.38. The maximum absolute atomic E-state index is 12.1. The number of benzene rings is 1. The number of aldehydes is 1. The lowest BCUT2D eigenvalue weighted by atomic mass is 10.0. The van der Waals surface area contributed by atoms with Crippen LogP contribution < -0.4 is 10.1 Å². The molecule has 0 radical (unpaired) electrons. The first kappa shape index (κ1) is 17.3. The first-order valence-electron chi connectivity index (χ1n) is 7.38. The van der Waals surface area contributed by atoms with Crippen molar-refractivity contribution in [2.24, 2.45) is 5.92 Å². The molecule has 0 aliphatic heterocycles. The van der Waals surface area contributed by atoms with Crippen molar-refractivity contribution in [3.8, 4) is 17.0 Å². The van der Waals surface area contributed by atoms with Gasteiger partial charge in [0.2, 0.25) is 5.91 Å². The number of methoxy groups -OCH3 is 1. The summed E-state index contributed by atoms with van der Waals surface area (Å²) in [7, 11) is 1.56. The van der Waals surface area contributed by atoms with Crippen LogP contribution in [0.3, 0.4) is 0 Å². The molecule has 1 heterocycles. The lowest BCUT2D eigenvalue weighted by molar-refractivity contribution is -0.122. The Balaban J connectivity index is 2.35. The Morgan fingerprint density at radius 2 is 2.08 bits per heavy atom. The Hall–Kier alpha value is -3.02. The number of carbonyl (C=O) groups is 2. The summed E-state index contributed by atoms with van der Waals surface area (Å²) in [6.45, 7) is 3.37. The topological polar surface area (TPSA) is 92.1 Å². The normalized spacial score (nSPS) is 11.5. The number of hydrogen-bond donors (Lipinski definition) is 2. The van der Waals surface area contributed by atoms with Gasteiger partial charge in [-0.05, 0) is 43.7 Å². The molecule has 1 aromatic heterocycles. The Labute approximate surface area is 140 Å². The SMILES string of the molecule is COc1ccc(NC(=O)C(C=O)C(C)=N)cc1-c1ccc(C)cn1. The van der Waals surface area contributed by atoms with E-state index in [0.717, 1.165) is 11.1 Å². The smallest absolute Gasteiger partial charge is 0.240 e. The number of rotatable bonds is 6. The van der Waals surface area contributed by atoms with Gasteiger partial charge in [-0.3, -0.25) is 9.78 Å². The van der Waals surface area contributed by atoms with Gasteiger partial charge < -0.3 is 20.3 Å². The zero-order chi connectivity index (χ0) is 17.7. The van der Waals surface area contributed by atoms with E-state index in [2.05, 4.69) is 10.3 Å². The molecule has 1 amide bonds. The minimum absolute atomic E-state index is 0.00330. The number of carbonyl (C=O) groups excluding carboxylic acids is 2. The van der Waals surface area contributed by atoms with E-state index in [9.17, 15) is 9.59 Å². The van der Waals surface area contributed by atoms with Gasteiger partial charge in [0.25, 0.3) is 0 Å². The Bertz CT molecular complexity index is 770. The molecule has 6 nitrogen and oxygen atoms in total. The van der Waals surface area contributed by atoms with Crippen LogP contribution in [-0.4, -0.2) is 30.0 Å². The molecule has 0 saturated carbocycles. The summed E-state index contributed by atoms with van der Waals surface area (Å²) in [5.41, 5.74) is 2.98. The predicted molar refractivity (Wildman–Crippen MR) is 92.5 cm³/mol. The lowest BCUT2D eigenvalue weighted by Gasteiger charge is -2.13. The quantitative estimate of drug-likeness (QED) is 0.485. The molecule has 0 aliphatic carbocycles. The van der Waals surface area contributed by atoms with E-state index in [1.54, 1.807) is 31.5 Å². The van der Waals surface area contributed by atoms with Crippen LogP contribution in [0.15, 0.2) is 36.5 Å². The number of hydrogen-bond acceptors (Lipinski definition) is 5. The highest BCUT2D eigenvalue weighted by molar-refractivity contribution is 6.16. The van der Waals surface area contributed by atoms with Crippen molar-refractivity contribution in [1.29, 1.82) is 5.41 Å². The number of aryl methyl sites for hydroxylation is 1. The van der Waals surface area contributed by atoms with E-state index in [-0.39, 0.29) is 5.71 Å². The second-order valence-corrected chi connectivity index (χ2v) is 5.42. The van der Waals surface area contributed by atoms with Crippen LogP contribution in [0.1, 0.15) is 12.5 Å². The number of ether oxygens (including phenoxy) is 1. The monoisotopic (exact) mass is 325 g/mol. The number of anilines is 1. The van der Waals surface area contributed by atoms with Gasteiger partial charge >= 0.3 is 0 Å². The summed E-state index contributed by atoms with van der Waals surface area (Å²) < 4.78 is 5.35. The summed E-state index contributed by atoms with van der Waals surface area (Å²) in [5, 5.41) is 10.1. The molecule has 2 rings (SSSR count). The van der Waals surface area contributed by atoms with Gasteiger partial charge in [0, 0.05) is 23.2 Å². The number of pyridine rings is 1. The summed E-state index contributed by atoms with van der Waals surface area (Å²) in [6, 6.07) is 8.94. The zero-order valence-corrected chi connectivity index (χ0v) is 13.8. The Kier molecular flexibility index (Phi) is 5.42. The molecule has 0 bridgehead atoms. The maximum Gasteiger partial charge on any atom is 0.240 e. The average molecular weight is 325 g/mol. The lowest BCUT2D eigenvalue weighted by Crippen LogP contribution is -2.29. The fourth-order valence-corrected chi connectivity index (χ4v) is 2.19. The highest BCUT2D eigenvalue weighted by atomic mass is 16.5. The molecule has 0 aliphatic rings. The van der Waals surface area contributed by atoms with Crippen molar-refractivity contribution in [2.45, 2.75) is 13.8 Å². The first-order chi connectivity index (χ1) is 11.5. The van der Waals surface area contributed by atoms with Gasteiger partial charge in [0.05, 0.1) is 12.8 Å². The fourth-order valence-electron chi connectivity index (χ4n) is 2.19. The highest BCUT2D eigenvalue weighted by Crippen LogP contribution is 2.31. The van der Waals surface area contributed by atoms with Crippen molar-refractivity contribution in [2.75, 3.05) is 12.4 Å². The second-order valence-electron chi connectivity index (χ2n) is 5.42. The number of nitrogens with zero attached hydrogens (tertiary/aromatic N) is 1. The van der Waals surface area contributed by atoms with Crippen LogP contribution in [0.2, 0.25) is 0 Å². The zero-order valence-electron chi connectivity index (χ0n) is 13.8. The average Bonchev–Trinajstić information content (AvgIpc) is 2.55. The molecule has 0 fully saturated rings. The molecule has 2 aromatic rings. The van der Waals surface area contributed by atoms with Gasteiger partial charge in [0.15, 0.2) is 0 Å². The van der Waals surface area contributed by atoms with E-state index in [1.165, 1.54) is 6.92 Å². The largest absolute Gasteiger partial charge is 0.496 e. The van der Waals surface area contributed by atoms with E-state index in [1.807, 2.05) is 19.1 Å². The molecule has 6 heteroatoms. The molecule has 0 saturated heterocycles. The Morgan fingerprint density at radius 3 is 2.62 bits per heavy atom. The van der Waals surface area contributed by atoms with Gasteiger partial charge in [-0.15, -0.1) is 0 Å². The highest BCUT2D eigenvalue weighted by Gasteiger charge is 2.20. The van der Waals surface area contributed by atoms with E-state index >= 15 is 0 Å². The summed E-state index contributed by atoms with van der Waals surface area (Å²) in [5.74, 6) is -1.00. The van der Waals surface area contributed by atoms with Crippen molar-refractivity contribution >= 4 is 23.6 Å². The van der Waals surface area contributed by atoms with Crippen LogP contribution in [0.4, 0.5) is 5.69 Å². The molecule has 24 heavy (non-hydrogen) atoms. The van der Waals surface area contributed by atoms with E-state index in [4.69, 9.17) is 10.1 Å². The predicted octanol–water partition coefficient (Wildman–Crippen LogP) is 2.86. The number of aromatic nitrogens is 1.